The van der Waals surface area contributed by atoms with Crippen LogP contribution in [0.4, 0.5) is 11.6 Å². The van der Waals surface area contributed by atoms with Gasteiger partial charge in [-0.25, -0.2) is 9.97 Å². The monoisotopic (exact) mass is 280 g/mol. The van der Waals surface area contributed by atoms with Crippen LogP contribution in [0.25, 0.3) is 0 Å². The summed E-state index contributed by atoms with van der Waals surface area (Å²) in [6.45, 7) is 13.0. The molecule has 20 heavy (non-hydrogen) atoms. The summed E-state index contributed by atoms with van der Waals surface area (Å²) in [5.74, 6) is 2.72. The van der Waals surface area contributed by atoms with Crippen molar-refractivity contribution >= 4 is 11.6 Å². The Hall–Kier alpha value is -1.36. The van der Waals surface area contributed by atoms with Crippen molar-refractivity contribution in [3.05, 3.63) is 11.9 Å². The van der Waals surface area contributed by atoms with Crippen molar-refractivity contribution in [1.82, 2.24) is 9.97 Å². The zero-order chi connectivity index (χ0) is 15.3. The Balaban J connectivity index is 3.08. The van der Waals surface area contributed by atoms with Gasteiger partial charge in [-0.1, -0.05) is 34.6 Å². The Morgan fingerprint density at radius 1 is 1.30 bits per heavy atom. The van der Waals surface area contributed by atoms with Crippen molar-refractivity contribution in [2.75, 3.05) is 37.4 Å². The smallest absolute Gasteiger partial charge is 0.138 e. The van der Waals surface area contributed by atoms with Crippen molar-refractivity contribution in [2.24, 2.45) is 5.92 Å². The van der Waals surface area contributed by atoms with E-state index in [1.807, 2.05) is 6.07 Å². The van der Waals surface area contributed by atoms with Gasteiger partial charge in [0, 0.05) is 31.7 Å². The van der Waals surface area contributed by atoms with Crippen molar-refractivity contribution in [2.45, 2.75) is 40.0 Å². The number of ether oxygens (including phenoxy) is 1. The van der Waals surface area contributed by atoms with Crippen LogP contribution in [0.15, 0.2) is 6.07 Å². The standard InChI is InChI=1S/C15H28N4O/c1-11(2)10-19(7-8-20-6)13-9-12(16)17-14(18-13)15(3,4)5/h9,11H,7-8,10H2,1-6H3,(H2,16,17,18). The highest BCUT2D eigenvalue weighted by Crippen LogP contribution is 2.23. The topological polar surface area (TPSA) is 64.3 Å². The molecule has 0 radical (unpaired) electrons. The molecule has 0 unspecified atom stereocenters. The summed E-state index contributed by atoms with van der Waals surface area (Å²) in [5.41, 5.74) is 5.83. The number of aromatic nitrogens is 2. The van der Waals surface area contributed by atoms with E-state index in [1.54, 1.807) is 7.11 Å². The summed E-state index contributed by atoms with van der Waals surface area (Å²) in [7, 11) is 1.71. The van der Waals surface area contributed by atoms with Gasteiger partial charge >= 0.3 is 0 Å². The van der Waals surface area contributed by atoms with Crippen molar-refractivity contribution in [1.29, 1.82) is 0 Å². The van der Waals surface area contributed by atoms with Gasteiger partial charge in [0.05, 0.1) is 6.61 Å². The van der Waals surface area contributed by atoms with Gasteiger partial charge in [-0.3, -0.25) is 0 Å². The first-order valence-corrected chi connectivity index (χ1v) is 7.13. The molecule has 0 saturated heterocycles. The van der Waals surface area contributed by atoms with Crippen LogP contribution in [0.1, 0.15) is 40.4 Å². The number of hydrogen-bond acceptors (Lipinski definition) is 5. The lowest BCUT2D eigenvalue weighted by molar-refractivity contribution is 0.204. The molecule has 0 bridgehead atoms. The fourth-order valence-corrected chi connectivity index (χ4v) is 1.89. The van der Waals surface area contributed by atoms with Gasteiger partial charge in [0.2, 0.25) is 0 Å². The fourth-order valence-electron chi connectivity index (χ4n) is 1.89. The van der Waals surface area contributed by atoms with Crippen LogP contribution < -0.4 is 10.6 Å². The van der Waals surface area contributed by atoms with Gasteiger partial charge in [-0.2, -0.15) is 0 Å². The molecular formula is C15H28N4O. The van der Waals surface area contributed by atoms with Gasteiger partial charge in [0.15, 0.2) is 0 Å². The van der Waals surface area contributed by atoms with Crippen LogP contribution >= 0.6 is 0 Å². The lowest BCUT2D eigenvalue weighted by atomic mass is 9.96. The first-order chi connectivity index (χ1) is 9.24. The maximum Gasteiger partial charge on any atom is 0.138 e. The molecule has 1 aromatic heterocycles. The molecule has 114 valence electrons. The molecule has 1 heterocycles. The second-order valence-corrected chi connectivity index (χ2v) is 6.56. The molecule has 0 saturated carbocycles. The third-order valence-corrected chi connectivity index (χ3v) is 2.88. The molecule has 5 nitrogen and oxygen atoms in total. The van der Waals surface area contributed by atoms with Crippen LogP contribution in [-0.2, 0) is 10.2 Å². The average Bonchev–Trinajstić information content (AvgIpc) is 2.32. The van der Waals surface area contributed by atoms with Crippen molar-refractivity contribution in [3.63, 3.8) is 0 Å². The summed E-state index contributed by atoms with van der Waals surface area (Å²) >= 11 is 0. The van der Waals surface area contributed by atoms with Crippen LogP contribution in [0.3, 0.4) is 0 Å². The van der Waals surface area contributed by atoms with E-state index in [0.717, 1.165) is 24.7 Å². The van der Waals surface area contributed by atoms with E-state index in [4.69, 9.17) is 15.5 Å². The Kier molecular flexibility index (Phi) is 5.74. The average molecular weight is 280 g/mol. The number of anilines is 2. The van der Waals surface area contributed by atoms with Crippen molar-refractivity contribution < 1.29 is 4.74 Å². The molecule has 5 heteroatoms. The first kappa shape index (κ1) is 16.7. The molecular weight excluding hydrogens is 252 g/mol. The van der Waals surface area contributed by atoms with Gasteiger partial charge in [0.25, 0.3) is 0 Å². The predicted octanol–water partition coefficient (Wildman–Crippen LogP) is 2.47. The Labute approximate surface area is 122 Å². The van der Waals surface area contributed by atoms with Crippen LogP contribution in [0, 0.1) is 5.92 Å². The number of nitrogen functional groups attached to an aromatic ring is 1. The van der Waals surface area contributed by atoms with Gasteiger partial charge in [-0.15, -0.1) is 0 Å². The Morgan fingerprint density at radius 3 is 2.45 bits per heavy atom. The van der Waals surface area contributed by atoms with E-state index in [1.165, 1.54) is 0 Å². The highest BCUT2D eigenvalue weighted by Gasteiger charge is 2.20. The minimum atomic E-state index is -0.116. The maximum absolute atomic E-state index is 5.94. The van der Waals surface area contributed by atoms with Gasteiger partial charge in [-0.05, 0) is 5.92 Å². The van der Waals surface area contributed by atoms with E-state index >= 15 is 0 Å². The molecule has 0 aliphatic heterocycles. The maximum atomic E-state index is 5.94. The summed E-state index contributed by atoms with van der Waals surface area (Å²) in [6, 6.07) is 1.84. The third kappa shape index (κ3) is 4.96. The van der Waals surface area contributed by atoms with Crippen LogP contribution in [-0.4, -0.2) is 36.8 Å². The van der Waals surface area contributed by atoms with E-state index in [9.17, 15) is 0 Å². The van der Waals surface area contributed by atoms with Gasteiger partial charge < -0.3 is 15.4 Å². The number of rotatable bonds is 6. The lowest BCUT2D eigenvalue weighted by Crippen LogP contribution is -2.32. The molecule has 0 aliphatic carbocycles. The zero-order valence-corrected chi connectivity index (χ0v) is 13.6. The number of methoxy groups -OCH3 is 1. The van der Waals surface area contributed by atoms with E-state index in [0.29, 0.717) is 18.3 Å². The second kappa shape index (κ2) is 6.88. The molecule has 0 aliphatic rings. The molecule has 1 rings (SSSR count). The molecule has 0 amide bonds. The summed E-state index contributed by atoms with van der Waals surface area (Å²) < 4.78 is 5.19. The second-order valence-electron chi connectivity index (χ2n) is 6.56. The SMILES string of the molecule is COCCN(CC(C)C)c1cc(N)nc(C(C)(C)C)n1. The molecule has 0 spiro atoms. The normalized spacial score (nSPS) is 11.9. The molecule has 0 fully saturated rings. The number of hydrogen-bond donors (Lipinski definition) is 1. The minimum absolute atomic E-state index is 0.116. The number of nitrogens with zero attached hydrogens (tertiary/aromatic N) is 3. The molecule has 0 aromatic carbocycles. The zero-order valence-electron chi connectivity index (χ0n) is 13.6. The molecule has 1 aromatic rings. The Bertz CT molecular complexity index is 426. The summed E-state index contributed by atoms with van der Waals surface area (Å²) in [5, 5.41) is 0. The van der Waals surface area contributed by atoms with Crippen LogP contribution in [0.5, 0.6) is 0 Å². The van der Waals surface area contributed by atoms with E-state index in [-0.39, 0.29) is 5.41 Å². The summed E-state index contributed by atoms with van der Waals surface area (Å²) in [4.78, 5) is 11.3. The minimum Gasteiger partial charge on any atom is -0.384 e. The quantitative estimate of drug-likeness (QED) is 0.867. The number of nitrogens with two attached hydrogens (primary N) is 1. The van der Waals surface area contributed by atoms with Gasteiger partial charge in [0.1, 0.15) is 17.5 Å². The Morgan fingerprint density at radius 2 is 1.95 bits per heavy atom. The highest BCUT2D eigenvalue weighted by molar-refractivity contribution is 5.47. The highest BCUT2D eigenvalue weighted by atomic mass is 16.5. The third-order valence-electron chi connectivity index (χ3n) is 2.88. The lowest BCUT2D eigenvalue weighted by Gasteiger charge is -2.27. The van der Waals surface area contributed by atoms with Crippen molar-refractivity contribution in [3.8, 4) is 0 Å². The van der Waals surface area contributed by atoms with Crippen LogP contribution in [0.2, 0.25) is 0 Å². The largest absolute Gasteiger partial charge is 0.384 e. The van der Waals surface area contributed by atoms with E-state index < -0.39 is 0 Å². The van der Waals surface area contributed by atoms with E-state index in [2.05, 4.69) is 44.5 Å². The summed E-state index contributed by atoms with van der Waals surface area (Å²) in [6.07, 6.45) is 0. The predicted molar refractivity (Wildman–Crippen MR) is 84.1 cm³/mol. The molecule has 0 atom stereocenters. The fraction of sp³-hybridized carbons (Fsp3) is 0.733. The first-order valence-electron chi connectivity index (χ1n) is 7.13. The molecule has 2 N–H and O–H groups in total.